The molecule has 2 nitrogen and oxygen atoms in total. The highest BCUT2D eigenvalue weighted by Gasteiger charge is 2.38. The van der Waals surface area contributed by atoms with E-state index in [0.717, 1.165) is 34.1 Å². The summed E-state index contributed by atoms with van der Waals surface area (Å²) >= 11 is 0. The first-order valence-corrected chi connectivity index (χ1v) is 29.1. The molecule has 0 bridgehead atoms. The molecule has 0 spiro atoms. The van der Waals surface area contributed by atoms with E-state index in [1.54, 1.807) is 0 Å². The Morgan fingerprint density at radius 3 is 1.40 bits per heavy atom. The molecule has 0 N–H and O–H groups in total. The number of fused-ring (bicyclic) bond motifs is 7. The molecule has 2 heteroatoms. The summed E-state index contributed by atoms with van der Waals surface area (Å²) in [6, 6.07) is 105. The largest absolute Gasteiger partial charge is 0.310 e. The van der Waals surface area contributed by atoms with Gasteiger partial charge >= 0.3 is 0 Å². The van der Waals surface area contributed by atoms with Gasteiger partial charge in [-0.15, -0.1) is 0 Å². The third-order valence-corrected chi connectivity index (χ3v) is 18.8. The van der Waals surface area contributed by atoms with Gasteiger partial charge in [-0.25, -0.2) is 0 Å². The van der Waals surface area contributed by atoms with E-state index in [2.05, 4.69) is 303 Å². The van der Waals surface area contributed by atoms with E-state index in [1.807, 2.05) is 0 Å². The molecule has 386 valence electrons. The topological polar surface area (TPSA) is 6.48 Å². The van der Waals surface area contributed by atoms with Gasteiger partial charge in [0.2, 0.25) is 0 Å². The number of nitrogens with zero attached hydrogens (tertiary/aromatic N) is 2. The highest BCUT2D eigenvalue weighted by Crippen LogP contribution is 2.56. The maximum absolute atomic E-state index is 2.50. The second-order valence-corrected chi connectivity index (χ2v) is 23.5. The summed E-state index contributed by atoms with van der Waals surface area (Å²) in [5.41, 5.74) is 22.2. The van der Waals surface area contributed by atoms with Gasteiger partial charge in [-0.05, 0) is 210 Å². The average Bonchev–Trinajstić information content (AvgIpc) is 3.03. The lowest BCUT2D eigenvalue weighted by molar-refractivity contribution is 0.661. The minimum atomic E-state index is -0.163. The zero-order chi connectivity index (χ0) is 54.7. The minimum absolute atomic E-state index is 0.163. The first kappa shape index (κ1) is 46.2. The summed E-state index contributed by atoms with van der Waals surface area (Å²) < 4.78 is 0. The molecule has 2 aliphatic carbocycles. The molecule has 0 unspecified atom stereocenters. The van der Waals surface area contributed by atoms with Gasteiger partial charge in [-0.3, -0.25) is 0 Å². The quantitative estimate of drug-likeness (QED) is 0.140. The average molecular weight is 1050 g/mol. The molecule has 0 saturated heterocycles. The molecule has 83 heavy (non-hydrogen) atoms. The van der Waals surface area contributed by atoms with Gasteiger partial charge in [-0.2, -0.15) is 0 Å². The van der Waals surface area contributed by atoms with Crippen LogP contribution < -0.4 is 9.80 Å². The van der Waals surface area contributed by atoms with E-state index in [9.17, 15) is 0 Å². The lowest BCUT2D eigenvalue weighted by atomic mass is 9.80. The zero-order valence-corrected chi connectivity index (χ0v) is 46.0. The fourth-order valence-electron chi connectivity index (χ4n) is 15.0. The molecule has 16 aromatic rings. The van der Waals surface area contributed by atoms with E-state index in [4.69, 9.17) is 0 Å². The minimum Gasteiger partial charge on any atom is -0.310 e. The Morgan fingerprint density at radius 2 is 0.723 bits per heavy atom. The lowest BCUT2D eigenvalue weighted by Gasteiger charge is -2.29. The van der Waals surface area contributed by atoms with Crippen LogP contribution in [0.5, 0.6) is 0 Å². The van der Waals surface area contributed by atoms with Crippen molar-refractivity contribution in [1.82, 2.24) is 0 Å². The Hall–Kier alpha value is -10.5. The Balaban J connectivity index is 0.731. The van der Waals surface area contributed by atoms with Crippen LogP contribution in [-0.2, 0) is 5.41 Å². The van der Waals surface area contributed by atoms with Crippen LogP contribution in [0.2, 0.25) is 0 Å². The fraction of sp³-hybridized carbons (Fsp3) is 0.0370. The molecule has 0 fully saturated rings. The van der Waals surface area contributed by atoms with Gasteiger partial charge in [0.15, 0.2) is 0 Å². The van der Waals surface area contributed by atoms with Crippen molar-refractivity contribution in [2.75, 3.05) is 9.80 Å². The molecule has 0 amide bonds. The molecule has 0 radical (unpaired) electrons. The first-order chi connectivity index (χ1) is 40.9. The lowest BCUT2D eigenvalue weighted by Crippen LogP contribution is -2.15. The van der Waals surface area contributed by atoms with E-state index < -0.39 is 0 Å². The molecule has 18 rings (SSSR count). The van der Waals surface area contributed by atoms with Crippen molar-refractivity contribution >= 4 is 110 Å². The molecule has 2 aliphatic rings. The Bertz CT molecular complexity index is 5290. The van der Waals surface area contributed by atoms with Gasteiger partial charge in [0.25, 0.3) is 0 Å². The molecule has 0 aliphatic heterocycles. The van der Waals surface area contributed by atoms with Crippen LogP contribution in [0.15, 0.2) is 279 Å². The third-order valence-electron chi connectivity index (χ3n) is 18.8. The molecule has 0 atom stereocenters. The SMILES string of the molecule is CC1(C)c2cc(-c3ccc4c5c(cccc35)-c3cc(-c5cccc(N(c6ccccc6)c6ccc7ccc8c(N(c9ccccc9)c9ccccc9)ccc9ccc6c7c98)c5)ccc3-4)ccc2-c2c1cc1ccc3cccc4ccc2c1c34. The van der Waals surface area contributed by atoms with E-state index >= 15 is 0 Å². The number of benzene rings is 16. The molecule has 0 saturated carbocycles. The highest BCUT2D eigenvalue weighted by atomic mass is 15.1. The van der Waals surface area contributed by atoms with Crippen LogP contribution in [0.3, 0.4) is 0 Å². The zero-order valence-electron chi connectivity index (χ0n) is 46.0. The van der Waals surface area contributed by atoms with Crippen LogP contribution in [-0.4, -0.2) is 0 Å². The van der Waals surface area contributed by atoms with Crippen molar-refractivity contribution in [3.05, 3.63) is 290 Å². The summed E-state index contributed by atoms with van der Waals surface area (Å²) in [4.78, 5) is 4.84. The maximum Gasteiger partial charge on any atom is 0.0540 e. The Labute approximate surface area is 481 Å². The molecular weight excluding hydrogens is 1000 g/mol. The van der Waals surface area contributed by atoms with E-state index in [-0.39, 0.29) is 5.41 Å². The van der Waals surface area contributed by atoms with Crippen molar-refractivity contribution < 1.29 is 0 Å². The van der Waals surface area contributed by atoms with Crippen LogP contribution in [0.25, 0.3) is 131 Å². The third kappa shape index (κ3) is 6.61. The monoisotopic (exact) mass is 1050 g/mol. The number of para-hydroxylation sites is 3. The normalized spacial score (nSPS) is 13.0. The van der Waals surface area contributed by atoms with Crippen LogP contribution >= 0.6 is 0 Å². The Morgan fingerprint density at radius 1 is 0.241 bits per heavy atom. The number of hydrogen-bond acceptors (Lipinski definition) is 2. The van der Waals surface area contributed by atoms with Gasteiger partial charge in [0.05, 0.1) is 11.4 Å². The highest BCUT2D eigenvalue weighted by molar-refractivity contribution is 6.29. The van der Waals surface area contributed by atoms with Gasteiger partial charge in [-0.1, -0.05) is 214 Å². The van der Waals surface area contributed by atoms with Crippen molar-refractivity contribution in [3.8, 4) is 55.6 Å². The standard InChI is InChI=1S/C81H52N2/c1-81(2)71-47-55(33-37-66(71)80-69-40-31-50-16-12-15-49-27-28-56(48-72(80)81)78(69)75(49)50)61-41-42-65-62-36-32-54(46-70(62)64-26-14-25-63(61)79(64)65)53-17-13-24-60(45-53)83(59-22-10-5-11-23-59)74-44-35-52-29-38-67-73(43-34-51-30-39-68(74)77(52)76(51)67)82(57-18-6-3-7-19-57)58-20-8-4-9-21-58/h3-48H,1-2H3. The van der Waals surface area contributed by atoms with Crippen LogP contribution in [0.1, 0.15) is 25.0 Å². The van der Waals surface area contributed by atoms with Crippen molar-refractivity contribution in [1.29, 1.82) is 0 Å². The van der Waals surface area contributed by atoms with Gasteiger partial charge in [0, 0.05) is 38.9 Å². The van der Waals surface area contributed by atoms with E-state index in [0.29, 0.717) is 0 Å². The van der Waals surface area contributed by atoms with Crippen molar-refractivity contribution in [2.24, 2.45) is 0 Å². The summed E-state index contributed by atoms with van der Waals surface area (Å²) in [5, 5.41) is 18.1. The van der Waals surface area contributed by atoms with E-state index in [1.165, 1.54) is 142 Å². The second-order valence-electron chi connectivity index (χ2n) is 23.5. The number of rotatable bonds is 8. The predicted octanol–water partition coefficient (Wildman–Crippen LogP) is 22.9. The first-order valence-electron chi connectivity index (χ1n) is 29.1. The second kappa shape index (κ2) is 17.2. The summed E-state index contributed by atoms with van der Waals surface area (Å²) in [5.74, 6) is 0. The van der Waals surface area contributed by atoms with Crippen molar-refractivity contribution in [3.63, 3.8) is 0 Å². The van der Waals surface area contributed by atoms with Gasteiger partial charge in [0.1, 0.15) is 0 Å². The predicted molar refractivity (Wildman–Crippen MR) is 354 cm³/mol. The summed E-state index contributed by atoms with van der Waals surface area (Å²) in [7, 11) is 0. The summed E-state index contributed by atoms with van der Waals surface area (Å²) in [6.45, 7) is 4.84. The smallest absolute Gasteiger partial charge is 0.0540 e. The van der Waals surface area contributed by atoms with Gasteiger partial charge < -0.3 is 9.80 Å². The molecule has 0 heterocycles. The maximum atomic E-state index is 2.50. The number of hydrogen-bond donors (Lipinski definition) is 0. The fourth-order valence-corrected chi connectivity index (χ4v) is 15.0. The molecule has 0 aromatic heterocycles. The molecule has 16 aromatic carbocycles. The van der Waals surface area contributed by atoms with Crippen molar-refractivity contribution in [2.45, 2.75) is 19.3 Å². The molecular formula is C81H52N2. The van der Waals surface area contributed by atoms with Crippen LogP contribution in [0.4, 0.5) is 34.1 Å². The summed E-state index contributed by atoms with van der Waals surface area (Å²) in [6.07, 6.45) is 0. The van der Waals surface area contributed by atoms with Crippen LogP contribution in [0, 0.1) is 0 Å². The Kier molecular flexibility index (Phi) is 9.60. The number of anilines is 6.